The number of rotatable bonds is 2. The molecule has 9 N–H and O–H groups in total. The van der Waals surface area contributed by atoms with Crippen LogP contribution >= 0.6 is 15.6 Å². The second-order valence-corrected chi connectivity index (χ2v) is 13.1. The number of pyridine rings is 1. The topological polar surface area (TPSA) is 317 Å². The number of fused-ring (bicyclic) bond motifs is 6. The van der Waals surface area contributed by atoms with Crippen molar-refractivity contribution in [2.75, 3.05) is 24.7 Å². The van der Waals surface area contributed by atoms with E-state index in [9.17, 15) is 33.9 Å². The lowest BCUT2D eigenvalue weighted by Gasteiger charge is -2.26. The van der Waals surface area contributed by atoms with Crippen LogP contribution in [0.4, 0.5) is 11.6 Å². The maximum atomic E-state index is 13.2. The number of H-pyrrole nitrogens is 1. The standard InChI is InChI=1S/C21H25N9O13P2/c22-7-1-2-24-16-10(7)25-5-29(16)19-14-12(31)8(40-19)3-38-45(36,37)43-15-13(32)9(4-39-44(34,35)42-14)41-20(15)30-6-26-11-17(30)27-21(23)28-18(11)33/h1-2,5-6,8-9,12-15,19-20,31-32H,3-4H2,(H2,22,24)(H,34,35)(H,36,37)(H3,23,27,28,33). The van der Waals surface area contributed by atoms with Crippen LogP contribution in [0.1, 0.15) is 12.5 Å². The molecule has 3 aliphatic rings. The number of imidazole rings is 2. The van der Waals surface area contributed by atoms with Gasteiger partial charge in [0.15, 0.2) is 29.3 Å². The third-order valence-corrected chi connectivity index (χ3v) is 9.40. The van der Waals surface area contributed by atoms with Crippen molar-refractivity contribution < 1.29 is 56.7 Å². The predicted molar refractivity (Wildman–Crippen MR) is 146 cm³/mol. The first-order chi connectivity index (χ1) is 21.3. The summed E-state index contributed by atoms with van der Waals surface area (Å²) < 4.78 is 61.3. The molecule has 242 valence electrons. The number of phosphoric ester groups is 2. The molecule has 3 saturated heterocycles. The van der Waals surface area contributed by atoms with E-state index in [0.29, 0.717) is 0 Å². The Morgan fingerprint density at radius 3 is 1.96 bits per heavy atom. The molecule has 0 aliphatic carbocycles. The van der Waals surface area contributed by atoms with Crippen LogP contribution in [0.3, 0.4) is 0 Å². The number of hydrogen-bond donors (Lipinski definition) is 7. The Morgan fingerprint density at radius 2 is 1.38 bits per heavy atom. The van der Waals surface area contributed by atoms with Gasteiger partial charge in [0.2, 0.25) is 5.95 Å². The lowest BCUT2D eigenvalue weighted by atomic mass is 10.1. The lowest BCUT2D eigenvalue weighted by Crippen LogP contribution is -2.38. The molecular weight excluding hydrogens is 648 g/mol. The Labute approximate surface area is 249 Å². The van der Waals surface area contributed by atoms with Crippen molar-refractivity contribution in [3.8, 4) is 0 Å². The van der Waals surface area contributed by atoms with Crippen LogP contribution in [-0.4, -0.2) is 104 Å². The zero-order valence-corrected chi connectivity index (χ0v) is 24.3. The maximum absolute atomic E-state index is 13.2. The second-order valence-electron chi connectivity index (χ2n) is 10.3. The van der Waals surface area contributed by atoms with Crippen LogP contribution in [0.2, 0.25) is 0 Å². The van der Waals surface area contributed by atoms with Crippen LogP contribution in [0.25, 0.3) is 22.3 Å². The molecule has 45 heavy (non-hydrogen) atoms. The SMILES string of the molecule is Nc1nc2c(ncn2C2OC3COP(=O)(O)OC4C(O)C(COP(=O)(O)OC2C3O)OC4n2cnc3c(N)ccnc32)c(=O)[nH]1. The third-order valence-electron chi connectivity index (χ3n) is 7.43. The highest BCUT2D eigenvalue weighted by Crippen LogP contribution is 2.53. The van der Waals surface area contributed by atoms with Crippen LogP contribution in [0, 0.1) is 0 Å². The van der Waals surface area contributed by atoms with E-state index >= 15 is 0 Å². The summed E-state index contributed by atoms with van der Waals surface area (Å²) in [5, 5.41) is 22.1. The van der Waals surface area contributed by atoms with E-state index in [-0.39, 0.29) is 34.0 Å². The average Bonchev–Trinajstić information content (AvgIpc) is 3.72. The summed E-state index contributed by atoms with van der Waals surface area (Å²) in [5.74, 6) is -0.284. The van der Waals surface area contributed by atoms with E-state index < -0.39 is 83.5 Å². The van der Waals surface area contributed by atoms with Crippen LogP contribution in [0.5, 0.6) is 0 Å². The summed E-state index contributed by atoms with van der Waals surface area (Å²) in [4.78, 5) is 52.2. The maximum Gasteiger partial charge on any atom is 0.472 e. The van der Waals surface area contributed by atoms with Crippen LogP contribution in [-0.2, 0) is 36.7 Å². The molecule has 0 aromatic carbocycles. The fourth-order valence-corrected chi connectivity index (χ4v) is 7.22. The van der Waals surface area contributed by atoms with Gasteiger partial charge in [-0.25, -0.2) is 24.1 Å². The van der Waals surface area contributed by atoms with Crippen molar-refractivity contribution >= 4 is 49.6 Å². The molecular formula is C21H25N9O13P2. The summed E-state index contributed by atoms with van der Waals surface area (Å²) in [6.45, 7) is -1.63. The average molecular weight is 673 g/mol. The summed E-state index contributed by atoms with van der Waals surface area (Å²) in [5.41, 5.74) is 11.3. The summed E-state index contributed by atoms with van der Waals surface area (Å²) in [6.07, 6.45) is -8.93. The Balaban J connectivity index is 1.23. The number of nitrogen functional groups attached to an aromatic ring is 2. The highest BCUT2D eigenvalue weighted by Gasteiger charge is 2.54. The summed E-state index contributed by atoms with van der Waals surface area (Å²) >= 11 is 0. The van der Waals surface area contributed by atoms with Crippen molar-refractivity contribution in [1.29, 1.82) is 0 Å². The predicted octanol–water partition coefficient (Wildman–Crippen LogP) is -1.74. The summed E-state index contributed by atoms with van der Waals surface area (Å²) in [7, 11) is -10.1. The number of ether oxygens (including phenoxy) is 2. The first-order valence-corrected chi connectivity index (χ1v) is 16.1. The molecule has 0 saturated carbocycles. The Morgan fingerprint density at radius 1 is 0.844 bits per heavy atom. The van der Waals surface area contributed by atoms with Crippen LogP contribution < -0.4 is 17.0 Å². The quantitative estimate of drug-likeness (QED) is 0.116. The number of anilines is 2. The van der Waals surface area contributed by atoms with Gasteiger partial charge in [-0.05, 0) is 6.07 Å². The van der Waals surface area contributed by atoms with Gasteiger partial charge in [-0.3, -0.25) is 37.0 Å². The Bertz CT molecular complexity index is 1930. The molecule has 4 aromatic heterocycles. The molecule has 22 nitrogen and oxygen atoms in total. The smallest absolute Gasteiger partial charge is 0.397 e. The molecule has 3 aliphatic heterocycles. The first kappa shape index (κ1) is 30.3. The van der Waals surface area contributed by atoms with E-state index in [1.165, 1.54) is 23.2 Å². The molecule has 0 amide bonds. The number of phosphoric acid groups is 2. The number of nitrogens with one attached hydrogen (secondary N) is 1. The van der Waals surface area contributed by atoms with E-state index in [4.69, 9.17) is 39.0 Å². The zero-order valence-electron chi connectivity index (χ0n) is 22.5. The minimum absolute atomic E-state index is 0.130. The van der Waals surface area contributed by atoms with Gasteiger partial charge in [-0.15, -0.1) is 0 Å². The molecule has 7 heterocycles. The zero-order chi connectivity index (χ0) is 31.8. The summed E-state index contributed by atoms with van der Waals surface area (Å²) in [6, 6.07) is 1.50. The van der Waals surface area contributed by atoms with Crippen molar-refractivity contribution in [2.24, 2.45) is 0 Å². The minimum atomic E-state index is -5.09. The molecule has 0 radical (unpaired) electrons. The number of aromatic amines is 1. The van der Waals surface area contributed by atoms with Gasteiger partial charge < -0.3 is 40.9 Å². The van der Waals surface area contributed by atoms with Crippen molar-refractivity contribution in [3.63, 3.8) is 0 Å². The third kappa shape index (κ3) is 5.33. The normalized spacial score (nSPS) is 37.7. The number of hydrogen-bond acceptors (Lipinski definition) is 17. The van der Waals surface area contributed by atoms with E-state index in [1.807, 2.05) is 0 Å². The Hall–Kier alpha value is -3.37. The fraction of sp³-hybridized carbons (Fsp3) is 0.476. The van der Waals surface area contributed by atoms with Crippen LogP contribution in [0.15, 0.2) is 29.7 Å². The molecule has 10 atom stereocenters. The van der Waals surface area contributed by atoms with Crippen molar-refractivity contribution in [1.82, 2.24) is 34.1 Å². The largest absolute Gasteiger partial charge is 0.472 e. The highest BCUT2D eigenvalue weighted by atomic mass is 31.2. The minimum Gasteiger partial charge on any atom is -0.397 e. The van der Waals surface area contributed by atoms with Gasteiger partial charge in [0.05, 0.1) is 31.6 Å². The molecule has 24 heteroatoms. The Kier molecular flexibility index (Phi) is 7.32. The van der Waals surface area contributed by atoms with Gasteiger partial charge >= 0.3 is 15.6 Å². The van der Waals surface area contributed by atoms with Gasteiger partial charge in [0.25, 0.3) is 5.56 Å². The molecule has 7 rings (SSSR count). The monoisotopic (exact) mass is 673 g/mol. The van der Waals surface area contributed by atoms with E-state index in [2.05, 4.69) is 24.9 Å². The van der Waals surface area contributed by atoms with Crippen molar-refractivity contribution in [2.45, 2.75) is 49.1 Å². The number of nitrogens with two attached hydrogens (primary N) is 2. The number of aliphatic hydroxyl groups excluding tert-OH is 2. The number of aliphatic hydroxyl groups is 2. The molecule has 4 bridgehead atoms. The van der Waals surface area contributed by atoms with Gasteiger partial charge in [0, 0.05) is 6.20 Å². The van der Waals surface area contributed by atoms with Gasteiger partial charge in [0.1, 0.15) is 42.1 Å². The molecule has 3 fully saturated rings. The first-order valence-electron chi connectivity index (χ1n) is 13.1. The fourth-order valence-electron chi connectivity index (χ4n) is 5.36. The van der Waals surface area contributed by atoms with Gasteiger partial charge in [-0.1, -0.05) is 0 Å². The van der Waals surface area contributed by atoms with Crippen molar-refractivity contribution in [3.05, 3.63) is 35.3 Å². The van der Waals surface area contributed by atoms with Gasteiger partial charge in [-0.2, -0.15) is 4.98 Å². The van der Waals surface area contributed by atoms with E-state index in [0.717, 1.165) is 10.9 Å². The lowest BCUT2D eigenvalue weighted by molar-refractivity contribution is -0.0675. The number of nitrogens with zero attached hydrogens (tertiary/aromatic N) is 6. The molecule has 0 spiro atoms. The second kappa shape index (κ2) is 10.9. The number of aromatic nitrogens is 7. The van der Waals surface area contributed by atoms with E-state index in [1.54, 1.807) is 0 Å². The molecule has 10 unspecified atom stereocenters. The molecule has 4 aromatic rings. The highest BCUT2D eigenvalue weighted by molar-refractivity contribution is 7.47.